The van der Waals surface area contributed by atoms with E-state index in [0.29, 0.717) is 24.9 Å². The van der Waals surface area contributed by atoms with Crippen LogP contribution < -0.4 is 4.74 Å². The average molecular weight is 590 g/mol. The van der Waals surface area contributed by atoms with Gasteiger partial charge in [-0.1, -0.05) is 6.07 Å². The number of phenols is 1. The number of carboxylic acids is 1. The van der Waals surface area contributed by atoms with Crippen LogP contribution in [0.3, 0.4) is 0 Å². The van der Waals surface area contributed by atoms with E-state index in [2.05, 4.69) is 4.90 Å². The van der Waals surface area contributed by atoms with Crippen LogP contribution in [0, 0.1) is 0 Å². The quantitative estimate of drug-likeness (QED) is 0.273. The highest BCUT2D eigenvalue weighted by atomic mass is 16.6. The standard InChI is InChI=1S/C28H31NO13/c1-12(24(33)34)38-25(35)21(39-13(2)30)22(40-14(3)31)26(36)41-17-7-8-28(37)18-11-15-5-6-16(32)20-19(15)27(28,23(17)42-20)9-10-29(18)4/h5-7,12,18,21-23,32,37H,8-11H2,1-4H3,(H,33,34)/t12?,18-,21?,22?,23+,27+,28-/m1/s1. The van der Waals surface area contributed by atoms with Gasteiger partial charge in [0.2, 0.25) is 12.2 Å². The first-order valence-corrected chi connectivity index (χ1v) is 13.3. The minimum absolute atomic E-state index is 0.0444. The molecule has 7 atom stereocenters. The Morgan fingerprint density at radius 1 is 1.05 bits per heavy atom. The van der Waals surface area contributed by atoms with Crippen molar-refractivity contribution in [1.82, 2.24) is 4.90 Å². The van der Waals surface area contributed by atoms with Crippen molar-refractivity contribution in [2.24, 2.45) is 0 Å². The van der Waals surface area contributed by atoms with Gasteiger partial charge in [-0.15, -0.1) is 0 Å². The van der Waals surface area contributed by atoms with Gasteiger partial charge in [0.05, 0.1) is 11.0 Å². The Morgan fingerprint density at radius 3 is 2.31 bits per heavy atom. The van der Waals surface area contributed by atoms with Gasteiger partial charge in [0.25, 0.3) is 0 Å². The second kappa shape index (κ2) is 10.3. The predicted octanol–water partition coefficient (Wildman–Crippen LogP) is 0.0928. The molecule has 2 heterocycles. The Labute approximate surface area is 239 Å². The second-order valence-electron chi connectivity index (χ2n) is 11.0. The molecular weight excluding hydrogens is 558 g/mol. The molecule has 14 nitrogen and oxygen atoms in total. The lowest BCUT2D eigenvalue weighted by atomic mass is 9.50. The monoisotopic (exact) mass is 589 g/mol. The molecule has 1 saturated heterocycles. The van der Waals surface area contributed by atoms with Crippen molar-refractivity contribution in [3.8, 4) is 11.5 Å². The molecule has 1 spiro atoms. The van der Waals surface area contributed by atoms with Gasteiger partial charge in [0.15, 0.2) is 23.7 Å². The zero-order valence-electron chi connectivity index (χ0n) is 23.3. The topological polar surface area (TPSA) is 195 Å². The number of aromatic hydroxyl groups is 1. The van der Waals surface area contributed by atoms with Crippen LogP contribution in [0.25, 0.3) is 0 Å². The molecule has 5 rings (SSSR count). The number of ether oxygens (including phenoxy) is 5. The van der Waals surface area contributed by atoms with Crippen molar-refractivity contribution in [2.45, 2.75) is 81.5 Å². The zero-order chi connectivity index (χ0) is 30.7. The number of aliphatic carboxylic acids is 1. The molecule has 226 valence electrons. The maximum Gasteiger partial charge on any atom is 0.357 e. The number of hydrogen-bond donors (Lipinski definition) is 3. The predicted molar refractivity (Wildman–Crippen MR) is 137 cm³/mol. The summed E-state index contributed by atoms with van der Waals surface area (Å²) in [4.78, 5) is 63.4. The summed E-state index contributed by atoms with van der Waals surface area (Å²) in [6.45, 7) is 3.47. The Kier molecular flexibility index (Phi) is 7.18. The van der Waals surface area contributed by atoms with Crippen molar-refractivity contribution >= 4 is 29.8 Å². The minimum atomic E-state index is -2.19. The van der Waals surface area contributed by atoms with Crippen LogP contribution in [0.4, 0.5) is 0 Å². The highest BCUT2D eigenvalue weighted by Crippen LogP contribution is 2.65. The Balaban J connectivity index is 1.51. The molecule has 2 aliphatic heterocycles. The molecule has 4 aliphatic rings. The number of benzene rings is 1. The third-order valence-corrected chi connectivity index (χ3v) is 8.54. The van der Waals surface area contributed by atoms with Crippen LogP contribution in [-0.4, -0.2) is 99.7 Å². The summed E-state index contributed by atoms with van der Waals surface area (Å²) in [5, 5.41) is 32.0. The molecule has 0 aromatic heterocycles. The highest BCUT2D eigenvalue weighted by Gasteiger charge is 2.72. The van der Waals surface area contributed by atoms with Gasteiger partial charge in [-0.2, -0.15) is 0 Å². The Bertz CT molecular complexity index is 1400. The lowest BCUT2D eigenvalue weighted by Crippen LogP contribution is -2.74. The lowest BCUT2D eigenvalue weighted by Gasteiger charge is -2.61. The van der Waals surface area contributed by atoms with E-state index in [1.165, 1.54) is 12.1 Å². The van der Waals surface area contributed by atoms with E-state index in [1.807, 2.05) is 7.05 Å². The number of hydrogen-bond acceptors (Lipinski definition) is 13. The fraction of sp³-hybridized carbons (Fsp3) is 0.536. The number of carboxylic acid groups (broad SMARTS) is 1. The first-order valence-electron chi connectivity index (χ1n) is 13.3. The van der Waals surface area contributed by atoms with Crippen LogP contribution in [0.1, 0.15) is 44.7 Å². The van der Waals surface area contributed by atoms with Gasteiger partial charge in [-0.3, -0.25) is 9.59 Å². The van der Waals surface area contributed by atoms with Crippen LogP contribution >= 0.6 is 0 Å². The van der Waals surface area contributed by atoms with Crippen LogP contribution in [-0.2, 0) is 54.8 Å². The number of aliphatic hydroxyl groups is 1. The van der Waals surface area contributed by atoms with Crippen molar-refractivity contribution in [2.75, 3.05) is 13.6 Å². The van der Waals surface area contributed by atoms with E-state index < -0.39 is 65.3 Å². The van der Waals surface area contributed by atoms with Crippen molar-refractivity contribution in [3.05, 3.63) is 35.1 Å². The summed E-state index contributed by atoms with van der Waals surface area (Å²) in [6, 6.07) is 2.98. The number of esters is 4. The summed E-state index contributed by atoms with van der Waals surface area (Å²) in [7, 11) is 1.91. The van der Waals surface area contributed by atoms with Gasteiger partial charge < -0.3 is 43.9 Å². The number of likely N-dealkylation sites (tertiary alicyclic amines) is 1. The van der Waals surface area contributed by atoms with E-state index >= 15 is 0 Å². The highest BCUT2D eigenvalue weighted by molar-refractivity contribution is 5.90. The molecule has 0 radical (unpaired) electrons. The smallest absolute Gasteiger partial charge is 0.357 e. The first-order chi connectivity index (χ1) is 19.7. The van der Waals surface area contributed by atoms with E-state index in [0.717, 1.165) is 26.3 Å². The van der Waals surface area contributed by atoms with E-state index in [9.17, 15) is 34.2 Å². The van der Waals surface area contributed by atoms with Crippen molar-refractivity contribution < 1.29 is 63.0 Å². The average Bonchev–Trinajstić information content (AvgIpc) is 3.27. The maximum absolute atomic E-state index is 13.6. The van der Waals surface area contributed by atoms with Crippen LogP contribution in [0.5, 0.6) is 11.5 Å². The van der Waals surface area contributed by atoms with E-state index in [-0.39, 0.29) is 29.7 Å². The number of nitrogens with zero attached hydrogens (tertiary/aromatic N) is 1. The molecular formula is C28H31NO13. The fourth-order valence-electron chi connectivity index (χ4n) is 6.73. The summed E-state index contributed by atoms with van der Waals surface area (Å²) in [5.41, 5.74) is -0.930. The number of phenolic OH excluding ortho intramolecular Hbond substituents is 1. The number of carbonyl (C=O) groups is 5. The van der Waals surface area contributed by atoms with Gasteiger partial charge in [0.1, 0.15) is 5.76 Å². The third kappa shape index (κ3) is 4.36. The SMILES string of the molecule is CC(=O)OC(C(=O)OC1=CC[C@@]2(O)[C@H]3Cc4ccc(O)c5c4[C@@]2(CCN3C)[C@H]1O5)C(OC(C)=O)C(=O)OC(C)C(=O)O. The molecule has 0 amide bonds. The second-order valence-corrected chi connectivity index (χ2v) is 11.0. The molecule has 3 N–H and O–H groups in total. The fourth-order valence-corrected chi connectivity index (χ4v) is 6.73. The van der Waals surface area contributed by atoms with Gasteiger partial charge in [0, 0.05) is 31.9 Å². The van der Waals surface area contributed by atoms with Crippen LogP contribution in [0.2, 0.25) is 0 Å². The van der Waals surface area contributed by atoms with Gasteiger partial charge >= 0.3 is 29.8 Å². The van der Waals surface area contributed by atoms with Crippen molar-refractivity contribution in [3.63, 3.8) is 0 Å². The Hall–Kier alpha value is -4.17. The third-order valence-electron chi connectivity index (χ3n) is 8.54. The van der Waals surface area contributed by atoms with E-state index in [1.54, 1.807) is 6.07 Å². The van der Waals surface area contributed by atoms with Crippen molar-refractivity contribution in [1.29, 1.82) is 0 Å². The molecule has 2 aliphatic carbocycles. The summed E-state index contributed by atoms with van der Waals surface area (Å²) in [5.74, 6) is -6.45. The molecule has 1 fully saturated rings. The maximum atomic E-state index is 13.6. The number of carbonyl (C=O) groups excluding carboxylic acids is 4. The summed E-state index contributed by atoms with van der Waals surface area (Å²) in [6.07, 6.45) is -4.72. The molecule has 42 heavy (non-hydrogen) atoms. The van der Waals surface area contributed by atoms with Crippen LogP contribution in [0.15, 0.2) is 24.0 Å². The number of piperidine rings is 1. The molecule has 3 unspecified atom stereocenters. The summed E-state index contributed by atoms with van der Waals surface area (Å²) < 4.78 is 26.7. The lowest BCUT2D eigenvalue weighted by molar-refractivity contribution is -0.194. The zero-order valence-corrected chi connectivity index (χ0v) is 23.3. The minimum Gasteiger partial charge on any atom is -0.504 e. The largest absolute Gasteiger partial charge is 0.504 e. The molecule has 0 saturated carbocycles. The first kappa shape index (κ1) is 29.3. The molecule has 2 bridgehead atoms. The number of rotatable bonds is 8. The Morgan fingerprint density at radius 2 is 1.69 bits per heavy atom. The normalized spacial score (nSPS) is 29.0. The summed E-state index contributed by atoms with van der Waals surface area (Å²) >= 11 is 0. The van der Waals surface area contributed by atoms with Gasteiger partial charge in [-0.05, 0) is 51.1 Å². The van der Waals surface area contributed by atoms with Gasteiger partial charge in [-0.25, -0.2) is 14.4 Å². The van der Waals surface area contributed by atoms with E-state index in [4.69, 9.17) is 28.8 Å². The molecule has 14 heteroatoms. The molecule has 1 aromatic rings. The number of likely N-dealkylation sites (N-methyl/N-ethyl adjacent to an activating group) is 1. The molecule has 1 aromatic carbocycles.